The minimum Gasteiger partial charge on any atom is -0.395 e. The van der Waals surface area contributed by atoms with Crippen molar-refractivity contribution in [2.24, 2.45) is 5.92 Å². The summed E-state index contributed by atoms with van der Waals surface area (Å²) in [6.07, 6.45) is 4.49. The van der Waals surface area contributed by atoms with Crippen LogP contribution in [-0.2, 0) is 0 Å². The first-order valence-electron chi connectivity index (χ1n) is 7.93. The van der Waals surface area contributed by atoms with Crippen LogP contribution in [0.25, 0.3) is 0 Å². The van der Waals surface area contributed by atoms with Crippen LogP contribution in [0.5, 0.6) is 0 Å². The summed E-state index contributed by atoms with van der Waals surface area (Å²) in [5.74, 6) is 0.562. The maximum Gasteiger partial charge on any atom is 0.318 e. The van der Waals surface area contributed by atoms with Crippen LogP contribution in [0.2, 0.25) is 0 Å². The third kappa shape index (κ3) is 3.56. The van der Waals surface area contributed by atoms with Gasteiger partial charge in [0.1, 0.15) is 0 Å². The number of aliphatic hydroxyl groups is 1. The molecule has 21 heavy (non-hydrogen) atoms. The second-order valence-electron chi connectivity index (χ2n) is 6.32. The van der Waals surface area contributed by atoms with Gasteiger partial charge in [-0.25, -0.2) is 4.79 Å². The summed E-state index contributed by atoms with van der Waals surface area (Å²) >= 11 is 0. The maximum absolute atomic E-state index is 12.5. The number of carbonyl (C=O) groups excluding carboxylic acids is 1. The lowest BCUT2D eigenvalue weighted by Gasteiger charge is -2.26. The smallest absolute Gasteiger partial charge is 0.318 e. The van der Waals surface area contributed by atoms with Gasteiger partial charge in [-0.3, -0.25) is 0 Å². The Labute approximate surface area is 126 Å². The molecule has 2 aliphatic rings. The molecule has 0 bridgehead atoms. The first kappa shape index (κ1) is 14.4. The number of hydrogen-bond acceptors (Lipinski definition) is 2. The Kier molecular flexibility index (Phi) is 4.15. The van der Waals surface area contributed by atoms with E-state index in [4.69, 9.17) is 5.11 Å². The SMILES string of the molecule is Cc1ccc([C@@H](NC(=O)N(CCO)C2CC2)C2CC2)cc1. The van der Waals surface area contributed by atoms with Crippen LogP contribution in [0, 0.1) is 12.8 Å². The van der Waals surface area contributed by atoms with Gasteiger partial charge in [-0.1, -0.05) is 29.8 Å². The van der Waals surface area contributed by atoms with E-state index in [0.717, 1.165) is 12.8 Å². The number of nitrogens with zero attached hydrogens (tertiary/aromatic N) is 1. The molecule has 0 unspecified atom stereocenters. The highest BCUT2D eigenvalue weighted by Gasteiger charge is 2.37. The zero-order valence-corrected chi connectivity index (χ0v) is 12.6. The third-order valence-corrected chi connectivity index (χ3v) is 4.40. The number of urea groups is 1. The number of amides is 2. The van der Waals surface area contributed by atoms with Gasteiger partial charge >= 0.3 is 6.03 Å². The molecule has 1 atom stereocenters. The lowest BCUT2D eigenvalue weighted by Crippen LogP contribution is -2.44. The molecule has 1 aromatic rings. The van der Waals surface area contributed by atoms with Crippen LogP contribution < -0.4 is 5.32 Å². The average Bonchev–Trinajstić information content (AvgIpc) is 3.36. The highest BCUT2D eigenvalue weighted by Crippen LogP contribution is 2.41. The van der Waals surface area contributed by atoms with Gasteiger partial charge in [0.15, 0.2) is 0 Å². The van der Waals surface area contributed by atoms with Crippen LogP contribution in [0.4, 0.5) is 4.79 Å². The molecule has 4 nitrogen and oxygen atoms in total. The Balaban J connectivity index is 1.69. The number of carbonyl (C=O) groups is 1. The van der Waals surface area contributed by atoms with E-state index in [0.29, 0.717) is 18.5 Å². The second-order valence-corrected chi connectivity index (χ2v) is 6.32. The fourth-order valence-electron chi connectivity index (χ4n) is 2.84. The summed E-state index contributed by atoms with van der Waals surface area (Å²) in [6, 6.07) is 8.85. The minimum absolute atomic E-state index is 0.0241. The van der Waals surface area contributed by atoms with Crippen molar-refractivity contribution in [2.75, 3.05) is 13.2 Å². The Morgan fingerprint density at radius 1 is 1.29 bits per heavy atom. The van der Waals surface area contributed by atoms with E-state index in [-0.39, 0.29) is 18.7 Å². The summed E-state index contributed by atoms with van der Waals surface area (Å²) in [7, 11) is 0. The van der Waals surface area contributed by atoms with E-state index in [9.17, 15) is 4.79 Å². The number of aliphatic hydroxyl groups excluding tert-OH is 1. The lowest BCUT2D eigenvalue weighted by atomic mass is 10.0. The van der Waals surface area contributed by atoms with Gasteiger partial charge in [-0.05, 0) is 44.1 Å². The number of aryl methyl sites for hydroxylation is 1. The molecule has 0 aromatic heterocycles. The Morgan fingerprint density at radius 2 is 1.95 bits per heavy atom. The molecule has 0 aliphatic heterocycles. The van der Waals surface area contributed by atoms with Gasteiger partial charge in [0.05, 0.1) is 12.6 Å². The summed E-state index contributed by atoms with van der Waals surface area (Å²) in [6.45, 7) is 2.54. The minimum atomic E-state index is -0.0241. The van der Waals surface area contributed by atoms with E-state index in [1.165, 1.54) is 24.0 Å². The fraction of sp³-hybridized carbons (Fsp3) is 0.588. The van der Waals surface area contributed by atoms with Gasteiger partial charge in [0.25, 0.3) is 0 Å². The van der Waals surface area contributed by atoms with Crippen molar-refractivity contribution in [2.45, 2.75) is 44.7 Å². The van der Waals surface area contributed by atoms with Gasteiger partial charge in [0, 0.05) is 12.6 Å². The van der Waals surface area contributed by atoms with E-state index in [2.05, 4.69) is 36.5 Å². The van der Waals surface area contributed by atoms with Crippen molar-refractivity contribution >= 4 is 6.03 Å². The van der Waals surface area contributed by atoms with E-state index < -0.39 is 0 Å². The first-order valence-corrected chi connectivity index (χ1v) is 7.93. The molecule has 0 heterocycles. The Morgan fingerprint density at radius 3 is 2.48 bits per heavy atom. The van der Waals surface area contributed by atoms with Crippen molar-refractivity contribution in [1.82, 2.24) is 10.2 Å². The van der Waals surface area contributed by atoms with Crippen molar-refractivity contribution in [1.29, 1.82) is 0 Å². The molecule has 1 aromatic carbocycles. The molecule has 2 N–H and O–H groups in total. The van der Waals surface area contributed by atoms with Crippen molar-refractivity contribution in [3.8, 4) is 0 Å². The zero-order valence-electron chi connectivity index (χ0n) is 12.6. The van der Waals surface area contributed by atoms with Crippen molar-refractivity contribution < 1.29 is 9.90 Å². The summed E-state index contributed by atoms with van der Waals surface area (Å²) in [4.78, 5) is 14.3. The van der Waals surface area contributed by atoms with Crippen LogP contribution in [0.15, 0.2) is 24.3 Å². The summed E-state index contributed by atoms with van der Waals surface area (Å²) in [5, 5.41) is 12.3. The van der Waals surface area contributed by atoms with Crippen molar-refractivity contribution in [3.05, 3.63) is 35.4 Å². The van der Waals surface area contributed by atoms with Gasteiger partial charge in [0.2, 0.25) is 0 Å². The summed E-state index contributed by atoms with van der Waals surface area (Å²) < 4.78 is 0. The molecule has 2 amide bonds. The molecule has 0 radical (unpaired) electrons. The highest BCUT2D eigenvalue weighted by atomic mass is 16.3. The largest absolute Gasteiger partial charge is 0.395 e. The predicted octanol–water partition coefficient (Wildman–Crippen LogP) is 2.61. The van der Waals surface area contributed by atoms with Crippen LogP contribution >= 0.6 is 0 Å². The van der Waals surface area contributed by atoms with E-state index >= 15 is 0 Å². The average molecular weight is 288 g/mol. The summed E-state index contributed by atoms with van der Waals surface area (Å²) in [5.41, 5.74) is 2.43. The quantitative estimate of drug-likeness (QED) is 0.845. The van der Waals surface area contributed by atoms with E-state index in [1.54, 1.807) is 4.90 Å². The number of rotatable bonds is 6. The molecule has 0 saturated heterocycles. The molecule has 0 spiro atoms. The number of benzene rings is 1. The number of hydrogen-bond donors (Lipinski definition) is 2. The molecular weight excluding hydrogens is 264 g/mol. The molecule has 4 heteroatoms. The van der Waals surface area contributed by atoms with Crippen molar-refractivity contribution in [3.63, 3.8) is 0 Å². The Bertz CT molecular complexity index is 492. The van der Waals surface area contributed by atoms with Gasteiger partial charge in [-0.2, -0.15) is 0 Å². The zero-order chi connectivity index (χ0) is 14.8. The predicted molar refractivity (Wildman–Crippen MR) is 82.0 cm³/mol. The second kappa shape index (κ2) is 6.06. The van der Waals surface area contributed by atoms with Gasteiger partial charge < -0.3 is 15.3 Å². The maximum atomic E-state index is 12.5. The lowest BCUT2D eigenvalue weighted by molar-refractivity contribution is 0.169. The van der Waals surface area contributed by atoms with Crippen LogP contribution in [0.1, 0.15) is 42.9 Å². The molecule has 2 aliphatic carbocycles. The standard InChI is InChI=1S/C17H24N2O2/c1-12-2-4-13(5-3-12)16(14-6-7-14)18-17(21)19(10-11-20)15-8-9-15/h2-5,14-16,20H,6-11H2,1H3,(H,18,21)/t16-/m1/s1. The molecule has 3 rings (SSSR count). The molecule has 2 fully saturated rings. The molecule has 2 saturated carbocycles. The normalized spacial score (nSPS) is 19.1. The topological polar surface area (TPSA) is 52.6 Å². The van der Waals surface area contributed by atoms with Crippen LogP contribution in [-0.4, -0.2) is 35.2 Å². The fourth-order valence-corrected chi connectivity index (χ4v) is 2.84. The van der Waals surface area contributed by atoms with E-state index in [1.807, 2.05) is 0 Å². The van der Waals surface area contributed by atoms with Gasteiger partial charge in [-0.15, -0.1) is 0 Å². The molecular formula is C17H24N2O2. The Hall–Kier alpha value is -1.55. The highest BCUT2D eigenvalue weighted by molar-refractivity contribution is 5.75. The monoisotopic (exact) mass is 288 g/mol. The first-order chi connectivity index (χ1) is 10.2. The van der Waals surface area contributed by atoms with Crippen LogP contribution in [0.3, 0.4) is 0 Å². The number of nitrogens with one attached hydrogen (secondary N) is 1. The third-order valence-electron chi connectivity index (χ3n) is 4.40. The molecule has 114 valence electrons.